The molecular formula is C56H35N7. The Labute approximate surface area is 361 Å². The standard InChI is InChI=1S/C56H35N7/c1-2-17-41(18-3-1)61(48-24-10-14-37-13-4-5-19-45(37)48)42-27-25-36(26-28-42)40-31-43(62-49-22-8-6-20-46(49)53-51(62)33-38-15-11-29-57-55(38)59-53)35-44(32-40)63-50-23-9-7-21-47(50)54-52(63)34-39-16-12-30-58-56(39)60-54/h1-35H. The fourth-order valence-electron chi connectivity index (χ4n) is 9.51. The third kappa shape index (κ3) is 5.60. The number of nitrogens with zero attached hydrogens (tertiary/aromatic N) is 7. The number of hydrogen-bond donors (Lipinski definition) is 0. The number of fused-ring (bicyclic) bond motifs is 9. The van der Waals surface area contributed by atoms with E-state index in [1.807, 2.05) is 24.5 Å². The number of benzene rings is 7. The molecule has 0 saturated heterocycles. The second kappa shape index (κ2) is 13.9. The van der Waals surface area contributed by atoms with Crippen molar-refractivity contribution in [1.29, 1.82) is 0 Å². The van der Waals surface area contributed by atoms with Crippen molar-refractivity contribution in [3.05, 3.63) is 213 Å². The maximum Gasteiger partial charge on any atom is 0.159 e. The molecule has 0 saturated carbocycles. The number of pyridine rings is 4. The molecule has 7 heteroatoms. The van der Waals surface area contributed by atoms with Gasteiger partial charge in [0.2, 0.25) is 0 Å². The molecule has 0 spiro atoms. The quantitative estimate of drug-likeness (QED) is 0.167. The van der Waals surface area contributed by atoms with Gasteiger partial charge in [-0.25, -0.2) is 19.9 Å². The Hall–Kier alpha value is -8.68. The summed E-state index contributed by atoms with van der Waals surface area (Å²) in [5.41, 5.74) is 15.0. The van der Waals surface area contributed by atoms with Gasteiger partial charge in [0.15, 0.2) is 11.3 Å². The third-order valence-corrected chi connectivity index (χ3v) is 12.3. The van der Waals surface area contributed by atoms with Crippen LogP contribution in [-0.2, 0) is 0 Å². The molecule has 0 radical (unpaired) electrons. The summed E-state index contributed by atoms with van der Waals surface area (Å²) in [5, 5.41) is 6.52. The van der Waals surface area contributed by atoms with Crippen molar-refractivity contribution >= 4 is 93.8 Å². The highest BCUT2D eigenvalue weighted by atomic mass is 15.1. The van der Waals surface area contributed by atoms with Crippen LogP contribution in [0, 0.1) is 0 Å². The van der Waals surface area contributed by atoms with E-state index in [0.29, 0.717) is 0 Å². The summed E-state index contributed by atoms with van der Waals surface area (Å²) in [6.07, 6.45) is 3.62. The van der Waals surface area contributed by atoms with Crippen LogP contribution in [0.4, 0.5) is 17.1 Å². The largest absolute Gasteiger partial charge is 0.310 e. The lowest BCUT2D eigenvalue weighted by atomic mass is 10.0. The van der Waals surface area contributed by atoms with Gasteiger partial charge in [0.1, 0.15) is 0 Å². The van der Waals surface area contributed by atoms with Crippen LogP contribution in [0.3, 0.4) is 0 Å². The first kappa shape index (κ1) is 35.1. The van der Waals surface area contributed by atoms with Gasteiger partial charge in [-0.2, -0.15) is 0 Å². The maximum atomic E-state index is 5.15. The van der Waals surface area contributed by atoms with Gasteiger partial charge in [-0.1, -0.05) is 103 Å². The van der Waals surface area contributed by atoms with Crippen LogP contribution in [0.1, 0.15) is 0 Å². The summed E-state index contributed by atoms with van der Waals surface area (Å²) in [4.78, 5) is 21.9. The van der Waals surface area contributed by atoms with Crippen LogP contribution in [-0.4, -0.2) is 29.1 Å². The first-order valence-corrected chi connectivity index (χ1v) is 21.1. The van der Waals surface area contributed by atoms with Gasteiger partial charge in [-0.3, -0.25) is 0 Å². The number of aromatic nitrogens is 6. The normalized spacial score (nSPS) is 11.8. The van der Waals surface area contributed by atoms with Crippen LogP contribution in [0.25, 0.3) is 99.2 Å². The zero-order chi connectivity index (χ0) is 41.4. The first-order chi connectivity index (χ1) is 31.2. The smallest absolute Gasteiger partial charge is 0.159 e. The average molecular weight is 806 g/mol. The predicted octanol–water partition coefficient (Wildman–Crippen LogP) is 14.1. The van der Waals surface area contributed by atoms with E-state index < -0.39 is 0 Å². The maximum absolute atomic E-state index is 5.15. The van der Waals surface area contributed by atoms with Crippen molar-refractivity contribution in [2.24, 2.45) is 0 Å². The fourth-order valence-corrected chi connectivity index (χ4v) is 9.51. The van der Waals surface area contributed by atoms with Crippen molar-refractivity contribution < 1.29 is 0 Å². The minimum absolute atomic E-state index is 0.731. The van der Waals surface area contributed by atoms with Crippen molar-refractivity contribution in [3.63, 3.8) is 0 Å². The number of para-hydroxylation sites is 3. The lowest BCUT2D eigenvalue weighted by molar-refractivity contribution is 1.13. The zero-order valence-electron chi connectivity index (χ0n) is 33.8. The van der Waals surface area contributed by atoms with Gasteiger partial charge < -0.3 is 14.0 Å². The number of rotatable bonds is 6. The summed E-state index contributed by atoms with van der Waals surface area (Å²) in [6, 6.07) is 71.2. The molecule has 0 atom stereocenters. The highest BCUT2D eigenvalue weighted by molar-refractivity contribution is 6.11. The summed E-state index contributed by atoms with van der Waals surface area (Å²) >= 11 is 0. The zero-order valence-corrected chi connectivity index (χ0v) is 33.8. The molecule has 0 fully saturated rings. The van der Waals surface area contributed by atoms with Crippen molar-refractivity contribution in [1.82, 2.24) is 29.1 Å². The molecule has 63 heavy (non-hydrogen) atoms. The molecule has 0 aliphatic heterocycles. The van der Waals surface area contributed by atoms with Crippen molar-refractivity contribution in [2.45, 2.75) is 0 Å². The summed E-state index contributed by atoms with van der Waals surface area (Å²) in [5.74, 6) is 0. The van der Waals surface area contributed by atoms with Gasteiger partial charge in [-0.15, -0.1) is 0 Å². The molecule has 13 aromatic rings. The molecule has 0 N–H and O–H groups in total. The van der Waals surface area contributed by atoms with Gasteiger partial charge >= 0.3 is 0 Å². The van der Waals surface area contributed by atoms with Gasteiger partial charge in [0, 0.05) is 62.1 Å². The molecule has 6 aromatic heterocycles. The van der Waals surface area contributed by atoms with Crippen LogP contribution in [0.2, 0.25) is 0 Å². The number of hydrogen-bond acceptors (Lipinski definition) is 5. The fraction of sp³-hybridized carbons (Fsp3) is 0. The molecule has 0 unspecified atom stereocenters. The summed E-state index contributed by atoms with van der Waals surface area (Å²) < 4.78 is 4.71. The van der Waals surface area contributed by atoms with E-state index in [1.54, 1.807) is 0 Å². The van der Waals surface area contributed by atoms with E-state index >= 15 is 0 Å². The van der Waals surface area contributed by atoms with Crippen molar-refractivity contribution in [2.75, 3.05) is 4.90 Å². The van der Waals surface area contributed by atoms with Crippen LogP contribution >= 0.6 is 0 Å². The number of anilines is 3. The molecule has 13 rings (SSSR count). The van der Waals surface area contributed by atoms with Crippen LogP contribution < -0.4 is 4.90 Å². The minimum Gasteiger partial charge on any atom is -0.310 e. The lowest BCUT2D eigenvalue weighted by Gasteiger charge is -2.27. The van der Waals surface area contributed by atoms with E-state index in [4.69, 9.17) is 9.97 Å². The molecule has 0 aliphatic rings. The van der Waals surface area contributed by atoms with E-state index in [1.165, 1.54) is 10.8 Å². The Bertz CT molecular complexity index is 3750. The monoisotopic (exact) mass is 805 g/mol. The van der Waals surface area contributed by atoms with Crippen LogP contribution in [0.15, 0.2) is 213 Å². The summed E-state index contributed by atoms with van der Waals surface area (Å²) in [7, 11) is 0. The van der Waals surface area contributed by atoms with Gasteiger partial charge in [0.05, 0.1) is 38.8 Å². The van der Waals surface area contributed by atoms with Gasteiger partial charge in [0.25, 0.3) is 0 Å². The molecule has 0 aliphatic carbocycles. The van der Waals surface area contributed by atoms with E-state index in [-0.39, 0.29) is 0 Å². The van der Waals surface area contributed by atoms with E-state index in [9.17, 15) is 0 Å². The molecule has 7 aromatic carbocycles. The van der Waals surface area contributed by atoms with Crippen molar-refractivity contribution in [3.8, 4) is 22.5 Å². The van der Waals surface area contributed by atoms with Gasteiger partial charge in [-0.05, 0) is 114 Å². The molecule has 0 bridgehead atoms. The topological polar surface area (TPSA) is 64.7 Å². The third-order valence-electron chi connectivity index (χ3n) is 12.3. The lowest BCUT2D eigenvalue weighted by Crippen LogP contribution is -2.10. The molecule has 6 heterocycles. The average Bonchev–Trinajstić information content (AvgIpc) is 3.84. The first-order valence-electron chi connectivity index (χ1n) is 21.1. The Balaban J connectivity index is 1.07. The predicted molar refractivity (Wildman–Crippen MR) is 259 cm³/mol. The Morgan fingerprint density at radius 3 is 1.48 bits per heavy atom. The van der Waals surface area contributed by atoms with Crippen LogP contribution in [0.5, 0.6) is 0 Å². The Morgan fingerprint density at radius 1 is 0.349 bits per heavy atom. The van der Waals surface area contributed by atoms with E-state index in [2.05, 4.69) is 212 Å². The second-order valence-corrected chi connectivity index (χ2v) is 16.0. The highest BCUT2D eigenvalue weighted by Gasteiger charge is 2.21. The summed E-state index contributed by atoms with van der Waals surface area (Å²) in [6.45, 7) is 0. The molecule has 7 nitrogen and oxygen atoms in total. The second-order valence-electron chi connectivity index (χ2n) is 16.0. The molecule has 294 valence electrons. The molecule has 0 amide bonds. The highest BCUT2D eigenvalue weighted by Crippen LogP contribution is 2.41. The molecular weight excluding hydrogens is 771 g/mol. The van der Waals surface area contributed by atoms with E-state index in [0.717, 1.165) is 106 Å². The SMILES string of the molecule is c1ccc(N(c2ccc(-c3cc(-n4c5ccccc5c5nc6ncccc6cc54)cc(-n4c5ccccc5c5nc6ncccc6cc54)c3)cc2)c2cccc3ccccc23)cc1. The Morgan fingerprint density at radius 2 is 0.857 bits per heavy atom. The Kier molecular flexibility index (Phi) is 7.77. The minimum atomic E-state index is 0.731.